The van der Waals surface area contributed by atoms with Crippen LogP contribution in [0.15, 0.2) is 176 Å². The fourth-order valence-corrected chi connectivity index (χ4v) is 8.96. The molecule has 0 bridgehead atoms. The Balaban J connectivity index is 1.02. The molecule has 3 nitrogen and oxygen atoms in total. The summed E-state index contributed by atoms with van der Waals surface area (Å²) in [5.41, 5.74) is 20.0. The van der Waals surface area contributed by atoms with E-state index in [2.05, 4.69) is 177 Å². The number of rotatable bonds is 5. The molecule has 3 heteroatoms. The molecule has 0 N–H and O–H groups in total. The highest BCUT2D eigenvalue weighted by Crippen LogP contribution is 2.51. The maximum atomic E-state index is 5.29. The van der Waals surface area contributed by atoms with Crippen molar-refractivity contribution in [3.05, 3.63) is 187 Å². The van der Waals surface area contributed by atoms with Crippen molar-refractivity contribution < 1.29 is 0 Å². The molecule has 7 aromatic carbocycles. The zero-order chi connectivity index (χ0) is 36.7. The Bertz CT molecular complexity index is 2950. The van der Waals surface area contributed by atoms with Gasteiger partial charge < -0.3 is 0 Å². The Morgan fingerprint density at radius 1 is 0.382 bits per heavy atom. The van der Waals surface area contributed by atoms with Gasteiger partial charge in [-0.2, -0.15) is 0 Å². The molecule has 55 heavy (non-hydrogen) atoms. The third-order valence-electron chi connectivity index (χ3n) is 11.8. The van der Waals surface area contributed by atoms with Crippen LogP contribution in [0.1, 0.15) is 25.0 Å². The summed E-state index contributed by atoms with van der Waals surface area (Å²) in [6, 6.07) is 59.2. The van der Waals surface area contributed by atoms with E-state index in [9.17, 15) is 0 Å². The van der Waals surface area contributed by atoms with Crippen LogP contribution in [0.5, 0.6) is 0 Å². The SMILES string of the molecule is CC1(C)c2ccccc2-c2ccc(-c3ccc(-c4cc(-c5ccc6c7c(cccc57)-c5ccccc5-6)nc(-c5ccc(-c6cccnc6)cc5)n4)cc3)cc21. The predicted molar refractivity (Wildman–Crippen MR) is 227 cm³/mol. The van der Waals surface area contributed by atoms with Crippen LogP contribution < -0.4 is 0 Å². The lowest BCUT2D eigenvalue weighted by Crippen LogP contribution is -2.14. The van der Waals surface area contributed by atoms with E-state index in [0.29, 0.717) is 5.82 Å². The molecule has 0 radical (unpaired) electrons. The number of benzene rings is 7. The fraction of sp³-hybridized carbons (Fsp3) is 0.0577. The van der Waals surface area contributed by atoms with Crippen molar-refractivity contribution in [1.82, 2.24) is 15.0 Å². The molecule has 258 valence electrons. The molecule has 11 rings (SSSR count). The first-order valence-corrected chi connectivity index (χ1v) is 18.9. The summed E-state index contributed by atoms with van der Waals surface area (Å²) in [7, 11) is 0. The molecule has 2 heterocycles. The number of nitrogens with zero attached hydrogens (tertiary/aromatic N) is 3. The van der Waals surface area contributed by atoms with E-state index in [1.54, 1.807) is 6.20 Å². The maximum absolute atomic E-state index is 5.29. The average molecular weight is 702 g/mol. The van der Waals surface area contributed by atoms with E-state index in [1.165, 1.54) is 66.4 Å². The summed E-state index contributed by atoms with van der Waals surface area (Å²) in [6.07, 6.45) is 3.69. The van der Waals surface area contributed by atoms with Gasteiger partial charge in [-0.3, -0.25) is 4.98 Å². The maximum Gasteiger partial charge on any atom is 0.160 e. The monoisotopic (exact) mass is 701 g/mol. The van der Waals surface area contributed by atoms with Crippen LogP contribution in [0, 0.1) is 0 Å². The van der Waals surface area contributed by atoms with Gasteiger partial charge in [0.2, 0.25) is 0 Å². The van der Waals surface area contributed by atoms with Crippen molar-refractivity contribution in [3.63, 3.8) is 0 Å². The average Bonchev–Trinajstić information content (AvgIpc) is 3.70. The number of fused-ring (bicyclic) bond motifs is 6. The van der Waals surface area contributed by atoms with Gasteiger partial charge >= 0.3 is 0 Å². The third kappa shape index (κ3) is 4.93. The van der Waals surface area contributed by atoms with E-state index in [0.717, 1.165) is 39.2 Å². The molecule has 0 saturated heterocycles. The van der Waals surface area contributed by atoms with E-state index >= 15 is 0 Å². The first-order chi connectivity index (χ1) is 27.0. The van der Waals surface area contributed by atoms with Gasteiger partial charge in [0.15, 0.2) is 5.82 Å². The lowest BCUT2D eigenvalue weighted by Gasteiger charge is -2.22. The first kappa shape index (κ1) is 31.5. The summed E-state index contributed by atoms with van der Waals surface area (Å²) in [6.45, 7) is 4.67. The molecule has 0 spiro atoms. The normalized spacial score (nSPS) is 13.1. The van der Waals surface area contributed by atoms with Gasteiger partial charge in [0.25, 0.3) is 0 Å². The molecular weight excluding hydrogens is 667 g/mol. The van der Waals surface area contributed by atoms with Gasteiger partial charge in [0.05, 0.1) is 11.4 Å². The summed E-state index contributed by atoms with van der Waals surface area (Å²) >= 11 is 0. The molecule has 0 amide bonds. The summed E-state index contributed by atoms with van der Waals surface area (Å²) in [5.74, 6) is 0.696. The minimum atomic E-state index is -0.0444. The predicted octanol–water partition coefficient (Wildman–Crippen LogP) is 13.3. The van der Waals surface area contributed by atoms with Gasteiger partial charge in [-0.25, -0.2) is 9.97 Å². The van der Waals surface area contributed by atoms with Crippen LogP contribution >= 0.6 is 0 Å². The van der Waals surface area contributed by atoms with Crippen LogP contribution in [0.2, 0.25) is 0 Å². The Labute approximate surface area is 320 Å². The van der Waals surface area contributed by atoms with Gasteiger partial charge in [-0.15, -0.1) is 0 Å². The van der Waals surface area contributed by atoms with Gasteiger partial charge in [0, 0.05) is 34.5 Å². The highest BCUT2D eigenvalue weighted by atomic mass is 14.9. The molecule has 0 saturated carbocycles. The molecule has 2 aliphatic carbocycles. The van der Waals surface area contributed by atoms with E-state index < -0.39 is 0 Å². The zero-order valence-electron chi connectivity index (χ0n) is 30.6. The molecule has 0 fully saturated rings. The molecule has 9 aromatic rings. The molecule has 0 atom stereocenters. The number of hydrogen-bond donors (Lipinski definition) is 0. The number of aromatic nitrogens is 3. The minimum Gasteiger partial charge on any atom is -0.264 e. The van der Waals surface area contributed by atoms with Crippen molar-refractivity contribution >= 4 is 10.8 Å². The van der Waals surface area contributed by atoms with E-state index in [1.807, 2.05) is 12.3 Å². The second-order valence-electron chi connectivity index (χ2n) is 15.2. The Morgan fingerprint density at radius 2 is 0.964 bits per heavy atom. The highest BCUT2D eigenvalue weighted by molar-refractivity contribution is 6.18. The van der Waals surface area contributed by atoms with Crippen molar-refractivity contribution in [1.29, 1.82) is 0 Å². The molecule has 0 aliphatic heterocycles. The van der Waals surface area contributed by atoms with Crippen LogP contribution in [0.4, 0.5) is 0 Å². The van der Waals surface area contributed by atoms with Gasteiger partial charge in [-0.05, 0) is 95.7 Å². The fourth-order valence-electron chi connectivity index (χ4n) is 8.96. The molecule has 2 aliphatic rings. The standard InChI is InChI=1S/C52H35N3/c1-52(2)46-15-6-5-12-40(46)41-25-24-36(29-47(41)52)32-16-20-34(21-17-32)48-30-49(55-51(54-48)35-22-18-33(19-23-35)37-9-8-28-53-31-37)42-26-27-45-39-11-4-3-10-38(39)43-13-7-14-44(42)50(43)45/h3-31H,1-2H3. The second-order valence-corrected chi connectivity index (χ2v) is 15.2. The summed E-state index contributed by atoms with van der Waals surface area (Å²) < 4.78 is 0. The lowest BCUT2D eigenvalue weighted by molar-refractivity contribution is 0.660. The first-order valence-electron chi connectivity index (χ1n) is 18.9. The smallest absolute Gasteiger partial charge is 0.160 e. The quantitative estimate of drug-likeness (QED) is 0.179. The largest absolute Gasteiger partial charge is 0.264 e. The number of hydrogen-bond acceptors (Lipinski definition) is 3. The summed E-state index contributed by atoms with van der Waals surface area (Å²) in [4.78, 5) is 14.8. The Hall–Kier alpha value is -6.97. The van der Waals surface area contributed by atoms with Gasteiger partial charge in [-0.1, -0.05) is 159 Å². The van der Waals surface area contributed by atoms with Crippen molar-refractivity contribution in [2.24, 2.45) is 0 Å². The second kappa shape index (κ2) is 12.0. The van der Waals surface area contributed by atoms with E-state index in [-0.39, 0.29) is 5.41 Å². The van der Waals surface area contributed by atoms with Gasteiger partial charge in [0.1, 0.15) is 0 Å². The summed E-state index contributed by atoms with van der Waals surface area (Å²) in [5, 5.41) is 2.49. The Morgan fingerprint density at radius 3 is 1.73 bits per heavy atom. The number of pyridine rings is 1. The van der Waals surface area contributed by atoms with Crippen LogP contribution in [-0.2, 0) is 5.41 Å². The molecule has 2 aromatic heterocycles. The minimum absolute atomic E-state index is 0.0444. The van der Waals surface area contributed by atoms with E-state index in [4.69, 9.17) is 9.97 Å². The topological polar surface area (TPSA) is 38.7 Å². The Kier molecular flexibility index (Phi) is 6.90. The highest BCUT2D eigenvalue weighted by Gasteiger charge is 2.35. The molecule has 0 unspecified atom stereocenters. The van der Waals surface area contributed by atoms with Crippen molar-refractivity contribution in [2.45, 2.75) is 19.3 Å². The van der Waals surface area contributed by atoms with Crippen LogP contribution in [0.25, 0.3) is 100 Å². The lowest BCUT2D eigenvalue weighted by atomic mass is 9.81. The van der Waals surface area contributed by atoms with Crippen LogP contribution in [0.3, 0.4) is 0 Å². The van der Waals surface area contributed by atoms with Crippen molar-refractivity contribution in [2.75, 3.05) is 0 Å². The zero-order valence-corrected chi connectivity index (χ0v) is 30.6. The molecular formula is C52H35N3. The van der Waals surface area contributed by atoms with Crippen LogP contribution in [-0.4, -0.2) is 15.0 Å². The third-order valence-corrected chi connectivity index (χ3v) is 11.8. The van der Waals surface area contributed by atoms with Crippen molar-refractivity contribution in [3.8, 4) is 89.5 Å².